The van der Waals surface area contributed by atoms with Gasteiger partial charge in [-0.2, -0.15) is 0 Å². The van der Waals surface area contributed by atoms with Crippen molar-refractivity contribution in [2.75, 3.05) is 49.2 Å². The molecule has 0 radical (unpaired) electrons. The molecule has 0 unspecified atom stereocenters. The van der Waals surface area contributed by atoms with Gasteiger partial charge in [0.1, 0.15) is 6.04 Å². The van der Waals surface area contributed by atoms with Gasteiger partial charge in [-0.05, 0) is 19.3 Å². The minimum Gasteiger partial charge on any atom is -0.347 e. The molecule has 28 heavy (non-hydrogen) atoms. The topological polar surface area (TPSA) is 88.1 Å². The van der Waals surface area contributed by atoms with E-state index in [-0.39, 0.29) is 17.9 Å². The molecule has 4 aliphatic rings. The Morgan fingerprint density at radius 2 is 1.79 bits per heavy atom. The molecule has 0 aromatic carbocycles. The normalized spacial score (nSPS) is 27.4. The summed E-state index contributed by atoms with van der Waals surface area (Å²) in [5, 5.41) is 9.91. The third-order valence-corrected chi connectivity index (χ3v) is 7.13. The van der Waals surface area contributed by atoms with Gasteiger partial charge in [-0.25, -0.2) is 0 Å². The van der Waals surface area contributed by atoms with Crippen LogP contribution in [0.2, 0.25) is 0 Å². The van der Waals surface area contributed by atoms with Crippen LogP contribution in [-0.2, 0) is 19.1 Å². The van der Waals surface area contributed by atoms with E-state index in [1.807, 2.05) is 4.90 Å². The lowest BCUT2D eigenvalue weighted by atomic mass is 10.0. The van der Waals surface area contributed by atoms with Gasteiger partial charge in [0, 0.05) is 45.4 Å². The Balaban J connectivity index is 1.26. The smallest absolute Gasteiger partial charge is 0.245 e. The number of rotatable bonds is 3. The predicted molar refractivity (Wildman–Crippen MR) is 102 cm³/mol. The first-order valence-electron chi connectivity index (χ1n) is 10.1. The Kier molecular flexibility index (Phi) is 4.72. The quantitative estimate of drug-likeness (QED) is 0.739. The average Bonchev–Trinajstić information content (AvgIpc) is 3.48. The number of hydrogen-bond acceptors (Lipinski definition) is 8. The van der Waals surface area contributed by atoms with Crippen LogP contribution in [0.1, 0.15) is 38.5 Å². The van der Waals surface area contributed by atoms with Gasteiger partial charge in [0.2, 0.25) is 22.1 Å². The van der Waals surface area contributed by atoms with Crippen molar-refractivity contribution < 1.29 is 19.1 Å². The number of piperidine rings is 1. The summed E-state index contributed by atoms with van der Waals surface area (Å²) in [5.74, 6) is -0.211. The molecule has 4 saturated heterocycles. The Morgan fingerprint density at radius 1 is 1.04 bits per heavy atom. The maximum atomic E-state index is 13.2. The van der Waals surface area contributed by atoms with Gasteiger partial charge >= 0.3 is 0 Å². The van der Waals surface area contributed by atoms with Gasteiger partial charge in [-0.3, -0.25) is 14.5 Å². The highest BCUT2D eigenvalue weighted by Crippen LogP contribution is 2.36. The largest absolute Gasteiger partial charge is 0.347 e. The molecule has 0 saturated carbocycles. The highest BCUT2D eigenvalue weighted by molar-refractivity contribution is 7.19. The summed E-state index contributed by atoms with van der Waals surface area (Å²) in [6.07, 6.45) is 4.67. The fourth-order valence-corrected chi connectivity index (χ4v) is 5.57. The second kappa shape index (κ2) is 7.23. The first kappa shape index (κ1) is 18.3. The van der Waals surface area contributed by atoms with Gasteiger partial charge in [0.25, 0.3) is 0 Å². The van der Waals surface area contributed by atoms with Gasteiger partial charge < -0.3 is 19.3 Å². The van der Waals surface area contributed by atoms with Crippen molar-refractivity contribution in [1.29, 1.82) is 0 Å². The SMILES string of the molecule is O=C([C@H]1CCCN1c1nnc(N2CCCC2=O)s1)N1CCC2(CC1)OCCO2. The van der Waals surface area contributed by atoms with Crippen LogP contribution >= 0.6 is 11.3 Å². The lowest BCUT2D eigenvalue weighted by Crippen LogP contribution is -2.52. The summed E-state index contributed by atoms with van der Waals surface area (Å²) in [7, 11) is 0. The Bertz CT molecular complexity index is 755. The van der Waals surface area contributed by atoms with Crippen molar-refractivity contribution in [2.45, 2.75) is 50.4 Å². The van der Waals surface area contributed by atoms with E-state index in [4.69, 9.17) is 9.47 Å². The van der Waals surface area contributed by atoms with Crippen molar-refractivity contribution in [2.24, 2.45) is 0 Å². The van der Waals surface area contributed by atoms with E-state index < -0.39 is 5.79 Å². The van der Waals surface area contributed by atoms with Crippen LogP contribution < -0.4 is 9.80 Å². The second-order valence-electron chi connectivity index (χ2n) is 7.80. The summed E-state index contributed by atoms with van der Waals surface area (Å²) < 4.78 is 11.5. The Hall–Kier alpha value is -1.78. The van der Waals surface area contributed by atoms with E-state index in [2.05, 4.69) is 15.1 Å². The number of aromatic nitrogens is 2. The van der Waals surface area contributed by atoms with Crippen molar-refractivity contribution in [3.63, 3.8) is 0 Å². The molecule has 5 heterocycles. The third-order valence-electron chi connectivity index (χ3n) is 6.14. The first-order chi connectivity index (χ1) is 13.7. The fraction of sp³-hybridized carbons (Fsp3) is 0.778. The number of amides is 2. The number of hydrogen-bond donors (Lipinski definition) is 0. The summed E-state index contributed by atoms with van der Waals surface area (Å²) in [6.45, 7) is 4.10. The fourth-order valence-electron chi connectivity index (χ4n) is 4.60. The predicted octanol–water partition coefficient (Wildman–Crippen LogP) is 0.999. The van der Waals surface area contributed by atoms with Crippen molar-refractivity contribution in [1.82, 2.24) is 15.1 Å². The van der Waals surface area contributed by atoms with Crippen LogP contribution in [0.3, 0.4) is 0 Å². The molecular weight excluding hydrogens is 382 g/mol. The van der Waals surface area contributed by atoms with Gasteiger partial charge in [0.05, 0.1) is 13.2 Å². The molecule has 0 aliphatic carbocycles. The molecule has 1 aromatic rings. The molecule has 152 valence electrons. The van der Waals surface area contributed by atoms with E-state index in [0.29, 0.717) is 44.4 Å². The minimum atomic E-state index is -0.470. The lowest BCUT2D eigenvalue weighted by Gasteiger charge is -2.39. The Morgan fingerprint density at radius 3 is 2.50 bits per heavy atom. The molecule has 0 N–H and O–H groups in total. The third kappa shape index (κ3) is 3.17. The van der Waals surface area contributed by atoms with Crippen LogP contribution in [0.25, 0.3) is 0 Å². The second-order valence-corrected chi connectivity index (χ2v) is 8.73. The lowest BCUT2D eigenvalue weighted by molar-refractivity contribution is -0.187. The molecule has 2 amide bonds. The number of carbonyl (C=O) groups excluding carboxylic acids is 2. The number of anilines is 2. The summed E-state index contributed by atoms with van der Waals surface area (Å²) in [6, 6.07) is -0.199. The average molecular weight is 407 g/mol. The number of carbonyl (C=O) groups is 2. The van der Waals surface area contributed by atoms with E-state index in [1.54, 1.807) is 4.90 Å². The van der Waals surface area contributed by atoms with E-state index in [9.17, 15) is 9.59 Å². The van der Waals surface area contributed by atoms with E-state index in [1.165, 1.54) is 11.3 Å². The van der Waals surface area contributed by atoms with Gasteiger partial charge in [-0.15, -0.1) is 10.2 Å². The number of ether oxygens (including phenoxy) is 2. The van der Waals surface area contributed by atoms with Crippen molar-refractivity contribution >= 4 is 33.4 Å². The molecular formula is C18H25N5O4S. The molecule has 10 heteroatoms. The standard InChI is InChI=1S/C18H25N5O4S/c24-14-4-2-8-23(14)17-20-19-16(28-17)22-7-1-3-13(22)15(25)21-9-5-18(6-10-21)26-11-12-27-18/h13H,1-12H2/t13-/m1/s1. The minimum absolute atomic E-state index is 0.107. The molecule has 5 rings (SSSR count). The van der Waals surface area contributed by atoms with E-state index in [0.717, 1.165) is 43.8 Å². The summed E-state index contributed by atoms with van der Waals surface area (Å²) >= 11 is 1.41. The van der Waals surface area contributed by atoms with Gasteiger partial charge in [0.15, 0.2) is 5.79 Å². The van der Waals surface area contributed by atoms with Crippen molar-refractivity contribution in [3.8, 4) is 0 Å². The van der Waals surface area contributed by atoms with Crippen LogP contribution in [0.5, 0.6) is 0 Å². The molecule has 1 spiro atoms. The monoisotopic (exact) mass is 407 g/mol. The maximum Gasteiger partial charge on any atom is 0.245 e. The van der Waals surface area contributed by atoms with Crippen LogP contribution in [0, 0.1) is 0 Å². The zero-order valence-electron chi connectivity index (χ0n) is 15.8. The van der Waals surface area contributed by atoms with Crippen LogP contribution in [0.15, 0.2) is 0 Å². The van der Waals surface area contributed by atoms with Crippen LogP contribution in [0.4, 0.5) is 10.3 Å². The van der Waals surface area contributed by atoms with Gasteiger partial charge in [-0.1, -0.05) is 11.3 Å². The molecule has 1 atom stereocenters. The number of nitrogens with zero attached hydrogens (tertiary/aromatic N) is 5. The maximum absolute atomic E-state index is 13.2. The molecule has 1 aromatic heterocycles. The highest BCUT2D eigenvalue weighted by Gasteiger charge is 2.43. The first-order valence-corrected chi connectivity index (χ1v) is 10.9. The number of likely N-dealkylation sites (tertiary alicyclic amines) is 1. The highest BCUT2D eigenvalue weighted by atomic mass is 32.1. The zero-order valence-corrected chi connectivity index (χ0v) is 16.7. The van der Waals surface area contributed by atoms with Crippen LogP contribution in [-0.4, -0.2) is 78.1 Å². The molecule has 4 aliphatic heterocycles. The van der Waals surface area contributed by atoms with Crippen molar-refractivity contribution in [3.05, 3.63) is 0 Å². The Labute approximate surface area is 167 Å². The summed E-state index contributed by atoms with van der Waals surface area (Å²) in [5.41, 5.74) is 0. The van der Waals surface area contributed by atoms with E-state index >= 15 is 0 Å². The molecule has 4 fully saturated rings. The molecule has 0 bridgehead atoms. The summed E-state index contributed by atoms with van der Waals surface area (Å²) in [4.78, 5) is 30.9. The molecule has 9 nitrogen and oxygen atoms in total. The zero-order chi connectivity index (χ0) is 19.1.